The lowest BCUT2D eigenvalue weighted by atomic mass is 10.2. The molecule has 0 aromatic heterocycles. The number of aliphatic hydroxyl groups excluding tert-OH is 1. The van der Waals surface area contributed by atoms with Crippen molar-refractivity contribution in [1.82, 2.24) is 4.90 Å². The second kappa shape index (κ2) is 10.9. The minimum Gasteiger partial charge on any atom is -0.383 e. The summed E-state index contributed by atoms with van der Waals surface area (Å²) in [7, 11) is 0. The number of unbranched alkanes of at least 4 members (excludes halogenated alkanes) is 2. The third-order valence-corrected chi connectivity index (χ3v) is 3.40. The number of amides is 1. The number of hydrogen-bond donors (Lipinski definition) is 1. The van der Waals surface area contributed by atoms with Crippen molar-refractivity contribution in [2.75, 3.05) is 25.1 Å². The van der Waals surface area contributed by atoms with Gasteiger partial charge in [-0.15, -0.1) is 0 Å². The van der Waals surface area contributed by atoms with Gasteiger partial charge in [0.2, 0.25) is 0 Å². The Morgan fingerprint density at radius 3 is 2.18 bits per heavy atom. The minimum absolute atomic E-state index is 0.0825. The molecule has 0 aliphatic carbocycles. The van der Waals surface area contributed by atoms with Crippen LogP contribution in [0.25, 0.3) is 0 Å². The molecule has 0 heterocycles. The van der Waals surface area contributed by atoms with Crippen molar-refractivity contribution in [3.05, 3.63) is 0 Å². The van der Waals surface area contributed by atoms with Crippen molar-refractivity contribution in [3.63, 3.8) is 0 Å². The Balaban J connectivity index is 4.18. The first-order chi connectivity index (χ1) is 8.17. The van der Waals surface area contributed by atoms with E-state index < -0.39 is 6.10 Å². The highest BCUT2D eigenvalue weighted by molar-refractivity contribution is 7.98. The van der Waals surface area contributed by atoms with Crippen LogP contribution in [-0.2, 0) is 4.79 Å². The summed E-state index contributed by atoms with van der Waals surface area (Å²) in [6.45, 7) is 5.80. The van der Waals surface area contributed by atoms with Crippen LogP contribution < -0.4 is 0 Å². The summed E-state index contributed by atoms with van der Waals surface area (Å²) in [5, 5.41) is 9.81. The number of carbonyl (C=O) groups is 1. The monoisotopic (exact) mass is 261 g/mol. The molecule has 3 nitrogen and oxygen atoms in total. The average Bonchev–Trinajstić information content (AvgIpc) is 2.35. The van der Waals surface area contributed by atoms with Crippen LogP contribution in [0, 0.1) is 0 Å². The zero-order valence-electron chi connectivity index (χ0n) is 11.4. The van der Waals surface area contributed by atoms with E-state index in [4.69, 9.17) is 0 Å². The third-order valence-electron chi connectivity index (χ3n) is 2.76. The summed E-state index contributed by atoms with van der Waals surface area (Å²) in [5.41, 5.74) is 0. The van der Waals surface area contributed by atoms with Crippen LogP contribution in [0.5, 0.6) is 0 Å². The Bertz CT molecular complexity index is 192. The second-order valence-electron chi connectivity index (χ2n) is 4.33. The van der Waals surface area contributed by atoms with Crippen molar-refractivity contribution in [3.8, 4) is 0 Å². The number of nitrogens with zero attached hydrogens (tertiary/aromatic N) is 1. The molecule has 4 heteroatoms. The number of thioether (sulfide) groups is 1. The molecule has 17 heavy (non-hydrogen) atoms. The third kappa shape index (κ3) is 7.66. The Hall–Kier alpha value is -0.220. The molecular weight excluding hydrogens is 234 g/mol. The van der Waals surface area contributed by atoms with Gasteiger partial charge in [-0.1, -0.05) is 26.7 Å². The van der Waals surface area contributed by atoms with Crippen molar-refractivity contribution < 1.29 is 9.90 Å². The van der Waals surface area contributed by atoms with Gasteiger partial charge in [0.25, 0.3) is 5.91 Å². The van der Waals surface area contributed by atoms with Gasteiger partial charge < -0.3 is 10.0 Å². The van der Waals surface area contributed by atoms with Gasteiger partial charge in [0.05, 0.1) is 0 Å². The molecule has 0 aliphatic rings. The van der Waals surface area contributed by atoms with Gasteiger partial charge in [0, 0.05) is 13.1 Å². The molecule has 0 saturated heterocycles. The molecule has 1 unspecified atom stereocenters. The first kappa shape index (κ1) is 16.8. The molecule has 102 valence electrons. The van der Waals surface area contributed by atoms with Gasteiger partial charge in [0.15, 0.2) is 0 Å². The van der Waals surface area contributed by atoms with E-state index in [0.29, 0.717) is 6.42 Å². The molecule has 0 rings (SSSR count). The average molecular weight is 261 g/mol. The summed E-state index contributed by atoms with van der Waals surface area (Å²) < 4.78 is 0. The Morgan fingerprint density at radius 1 is 1.24 bits per heavy atom. The van der Waals surface area contributed by atoms with E-state index in [2.05, 4.69) is 13.8 Å². The highest BCUT2D eigenvalue weighted by Crippen LogP contribution is 2.07. The number of rotatable bonds is 10. The highest BCUT2D eigenvalue weighted by Gasteiger charge is 2.20. The maximum absolute atomic E-state index is 12.0. The summed E-state index contributed by atoms with van der Waals surface area (Å²) in [6, 6.07) is 0. The fourth-order valence-electron chi connectivity index (χ4n) is 1.59. The van der Waals surface area contributed by atoms with Crippen LogP contribution >= 0.6 is 11.8 Å². The van der Waals surface area contributed by atoms with E-state index >= 15 is 0 Å². The molecule has 0 aromatic carbocycles. The van der Waals surface area contributed by atoms with Gasteiger partial charge in [0.1, 0.15) is 6.10 Å². The second-order valence-corrected chi connectivity index (χ2v) is 5.32. The van der Waals surface area contributed by atoms with E-state index in [1.54, 1.807) is 11.8 Å². The molecule has 0 radical (unpaired) electrons. The van der Waals surface area contributed by atoms with Crippen molar-refractivity contribution in [2.24, 2.45) is 0 Å². The van der Waals surface area contributed by atoms with Gasteiger partial charge >= 0.3 is 0 Å². The lowest BCUT2D eigenvalue weighted by molar-refractivity contribution is -0.140. The maximum Gasteiger partial charge on any atom is 0.251 e. The van der Waals surface area contributed by atoms with Gasteiger partial charge in [-0.2, -0.15) is 11.8 Å². The molecular formula is C13H27NO2S. The van der Waals surface area contributed by atoms with E-state index in [-0.39, 0.29) is 5.91 Å². The van der Waals surface area contributed by atoms with Gasteiger partial charge in [-0.3, -0.25) is 4.79 Å². The van der Waals surface area contributed by atoms with Crippen LogP contribution in [0.15, 0.2) is 0 Å². The number of aliphatic hydroxyl groups is 1. The zero-order valence-corrected chi connectivity index (χ0v) is 12.3. The SMILES string of the molecule is CCCCN(CCCC)C(=O)C(O)CCSC. The summed E-state index contributed by atoms with van der Waals surface area (Å²) in [5.74, 6) is 0.753. The minimum atomic E-state index is -0.809. The summed E-state index contributed by atoms with van der Waals surface area (Å²) in [6.07, 6.45) is 5.94. The molecule has 1 atom stereocenters. The van der Waals surface area contributed by atoms with Crippen molar-refractivity contribution in [1.29, 1.82) is 0 Å². The zero-order chi connectivity index (χ0) is 13.1. The fraction of sp³-hybridized carbons (Fsp3) is 0.923. The van der Waals surface area contributed by atoms with Crippen LogP contribution in [0.2, 0.25) is 0 Å². The molecule has 0 aliphatic heterocycles. The standard InChI is InChI=1S/C13H27NO2S/c1-4-6-9-14(10-7-5-2)13(16)12(15)8-11-17-3/h12,15H,4-11H2,1-3H3. The Morgan fingerprint density at radius 2 is 1.76 bits per heavy atom. The molecule has 0 saturated carbocycles. The molecule has 0 bridgehead atoms. The predicted octanol–water partition coefficient (Wildman–Crippen LogP) is 2.53. The number of carbonyl (C=O) groups excluding carboxylic acids is 1. The van der Waals surface area contributed by atoms with E-state index in [9.17, 15) is 9.90 Å². The molecule has 0 spiro atoms. The van der Waals surface area contributed by atoms with Crippen LogP contribution in [-0.4, -0.2) is 47.1 Å². The summed E-state index contributed by atoms with van der Waals surface area (Å²) in [4.78, 5) is 13.9. The van der Waals surface area contributed by atoms with Gasteiger partial charge in [-0.25, -0.2) is 0 Å². The molecule has 1 N–H and O–H groups in total. The van der Waals surface area contributed by atoms with Crippen molar-refractivity contribution >= 4 is 17.7 Å². The fourth-order valence-corrected chi connectivity index (χ4v) is 2.05. The Kier molecular flexibility index (Phi) is 10.8. The quantitative estimate of drug-likeness (QED) is 0.657. The first-order valence-corrected chi connectivity index (χ1v) is 8.02. The smallest absolute Gasteiger partial charge is 0.251 e. The molecule has 0 fully saturated rings. The topological polar surface area (TPSA) is 40.5 Å². The van der Waals surface area contributed by atoms with Gasteiger partial charge in [-0.05, 0) is 31.3 Å². The van der Waals surface area contributed by atoms with E-state index in [0.717, 1.165) is 44.5 Å². The van der Waals surface area contributed by atoms with Crippen LogP contribution in [0.3, 0.4) is 0 Å². The van der Waals surface area contributed by atoms with Crippen molar-refractivity contribution in [2.45, 2.75) is 52.1 Å². The predicted molar refractivity (Wildman–Crippen MR) is 75.4 cm³/mol. The highest BCUT2D eigenvalue weighted by atomic mass is 32.2. The maximum atomic E-state index is 12.0. The normalized spacial score (nSPS) is 12.5. The van der Waals surface area contributed by atoms with E-state index in [1.807, 2.05) is 11.2 Å². The van der Waals surface area contributed by atoms with Crippen LogP contribution in [0.1, 0.15) is 46.0 Å². The molecule has 1 amide bonds. The summed E-state index contributed by atoms with van der Waals surface area (Å²) >= 11 is 1.66. The lowest BCUT2D eigenvalue weighted by Gasteiger charge is -2.25. The van der Waals surface area contributed by atoms with Crippen LogP contribution in [0.4, 0.5) is 0 Å². The van der Waals surface area contributed by atoms with E-state index in [1.165, 1.54) is 0 Å². The Labute approximate surface area is 110 Å². The first-order valence-electron chi connectivity index (χ1n) is 6.63. The largest absolute Gasteiger partial charge is 0.383 e. The lowest BCUT2D eigenvalue weighted by Crippen LogP contribution is -2.40. The number of hydrogen-bond acceptors (Lipinski definition) is 3. The molecule has 0 aromatic rings.